The van der Waals surface area contributed by atoms with Gasteiger partial charge in [0.1, 0.15) is 0 Å². The highest BCUT2D eigenvalue weighted by Gasteiger charge is 2.20. The monoisotopic (exact) mass is 331 g/mol. The van der Waals surface area contributed by atoms with E-state index in [1.54, 1.807) is 17.0 Å². The fourth-order valence-corrected chi connectivity index (χ4v) is 2.67. The summed E-state index contributed by atoms with van der Waals surface area (Å²) in [5.74, 6) is -0.177. The van der Waals surface area contributed by atoms with Crippen molar-refractivity contribution in [2.24, 2.45) is 0 Å². The molecular formula is C18H25N3O3. The molecule has 0 unspecified atom stereocenters. The molecule has 1 saturated heterocycles. The van der Waals surface area contributed by atoms with Crippen LogP contribution in [0.25, 0.3) is 0 Å². The van der Waals surface area contributed by atoms with Gasteiger partial charge < -0.3 is 15.5 Å². The number of likely N-dealkylation sites (tertiary alicyclic amines) is 1. The Morgan fingerprint density at radius 1 is 1.12 bits per heavy atom. The van der Waals surface area contributed by atoms with E-state index in [0.29, 0.717) is 25.1 Å². The molecule has 2 N–H and O–H groups in total. The number of hydrogen-bond donors (Lipinski definition) is 2. The summed E-state index contributed by atoms with van der Waals surface area (Å²) in [6, 6.07) is 7.30. The number of hydrogen-bond acceptors (Lipinski definition) is 3. The lowest BCUT2D eigenvalue weighted by molar-refractivity contribution is -0.136. The standard InChI is InChI=1S/C18H25N3O3/c1-13(2)19-16(22)11-14-6-8-15(9-7-14)20-17(23)12-21-10-4-3-5-18(21)24/h6-9,13H,3-5,10-12H2,1-2H3,(H,19,22)(H,20,23). The first kappa shape index (κ1) is 18.0. The molecule has 0 spiro atoms. The highest BCUT2D eigenvalue weighted by atomic mass is 16.2. The minimum Gasteiger partial charge on any atom is -0.354 e. The zero-order chi connectivity index (χ0) is 17.5. The summed E-state index contributed by atoms with van der Waals surface area (Å²) in [5, 5.41) is 5.63. The van der Waals surface area contributed by atoms with Crippen LogP contribution in [0, 0.1) is 0 Å². The lowest BCUT2D eigenvalue weighted by Crippen LogP contribution is -2.40. The summed E-state index contributed by atoms with van der Waals surface area (Å²) in [6.07, 6.45) is 2.70. The van der Waals surface area contributed by atoms with Crippen LogP contribution in [0.1, 0.15) is 38.7 Å². The fraction of sp³-hybridized carbons (Fsp3) is 0.500. The molecule has 0 aromatic heterocycles. The number of amides is 3. The van der Waals surface area contributed by atoms with Gasteiger partial charge in [-0.25, -0.2) is 0 Å². The smallest absolute Gasteiger partial charge is 0.243 e. The van der Waals surface area contributed by atoms with Gasteiger partial charge >= 0.3 is 0 Å². The molecular weight excluding hydrogens is 306 g/mol. The van der Waals surface area contributed by atoms with Crippen LogP contribution >= 0.6 is 0 Å². The highest BCUT2D eigenvalue weighted by Crippen LogP contribution is 2.12. The summed E-state index contributed by atoms with van der Waals surface area (Å²) in [4.78, 5) is 37.1. The lowest BCUT2D eigenvalue weighted by Gasteiger charge is -2.25. The second kappa shape index (κ2) is 8.47. The van der Waals surface area contributed by atoms with E-state index in [-0.39, 0.29) is 30.3 Å². The molecule has 3 amide bonds. The Morgan fingerprint density at radius 2 is 1.83 bits per heavy atom. The van der Waals surface area contributed by atoms with Crippen LogP contribution in [-0.4, -0.2) is 41.8 Å². The summed E-state index contributed by atoms with van der Waals surface area (Å²) in [5.41, 5.74) is 1.55. The van der Waals surface area contributed by atoms with Gasteiger partial charge in [0, 0.05) is 24.7 Å². The predicted molar refractivity (Wildman–Crippen MR) is 92.5 cm³/mol. The van der Waals surface area contributed by atoms with Gasteiger partial charge in [-0.05, 0) is 44.4 Å². The van der Waals surface area contributed by atoms with E-state index in [1.807, 2.05) is 26.0 Å². The molecule has 1 heterocycles. The van der Waals surface area contributed by atoms with E-state index in [2.05, 4.69) is 10.6 Å². The summed E-state index contributed by atoms with van der Waals surface area (Å²) >= 11 is 0. The maximum Gasteiger partial charge on any atom is 0.243 e. The van der Waals surface area contributed by atoms with Crippen molar-refractivity contribution in [3.8, 4) is 0 Å². The van der Waals surface area contributed by atoms with Gasteiger partial charge in [-0.1, -0.05) is 12.1 Å². The first-order chi connectivity index (χ1) is 11.4. The van der Waals surface area contributed by atoms with Crippen molar-refractivity contribution in [3.63, 3.8) is 0 Å². The lowest BCUT2D eigenvalue weighted by atomic mass is 10.1. The predicted octanol–water partition coefficient (Wildman–Crippen LogP) is 1.70. The Hall–Kier alpha value is -2.37. The van der Waals surface area contributed by atoms with Crippen molar-refractivity contribution >= 4 is 23.4 Å². The van der Waals surface area contributed by atoms with Crippen molar-refractivity contribution in [2.45, 2.75) is 45.6 Å². The second-order valence-corrected chi connectivity index (χ2v) is 6.42. The van der Waals surface area contributed by atoms with E-state index in [4.69, 9.17) is 0 Å². The van der Waals surface area contributed by atoms with Crippen LogP contribution in [0.3, 0.4) is 0 Å². The van der Waals surface area contributed by atoms with Crippen LogP contribution in [-0.2, 0) is 20.8 Å². The average molecular weight is 331 g/mol. The maximum absolute atomic E-state index is 12.0. The van der Waals surface area contributed by atoms with E-state index in [1.165, 1.54) is 0 Å². The number of nitrogens with zero attached hydrogens (tertiary/aromatic N) is 1. The molecule has 0 atom stereocenters. The largest absolute Gasteiger partial charge is 0.354 e. The van der Waals surface area contributed by atoms with E-state index < -0.39 is 0 Å². The van der Waals surface area contributed by atoms with Gasteiger partial charge in [-0.2, -0.15) is 0 Å². The Labute approximate surface area is 142 Å². The molecule has 1 aromatic rings. The molecule has 1 aliphatic heterocycles. The Kier molecular flexibility index (Phi) is 6.35. The Balaban J connectivity index is 1.83. The summed E-state index contributed by atoms with van der Waals surface area (Å²) in [7, 11) is 0. The molecule has 130 valence electrons. The van der Waals surface area contributed by atoms with E-state index in [9.17, 15) is 14.4 Å². The van der Waals surface area contributed by atoms with Crippen LogP contribution in [0.5, 0.6) is 0 Å². The van der Waals surface area contributed by atoms with Gasteiger partial charge in [-0.3, -0.25) is 14.4 Å². The molecule has 1 fully saturated rings. The third kappa shape index (κ3) is 5.68. The second-order valence-electron chi connectivity index (χ2n) is 6.42. The molecule has 0 radical (unpaired) electrons. The molecule has 0 aliphatic carbocycles. The number of carbonyl (C=O) groups is 3. The summed E-state index contributed by atoms with van der Waals surface area (Å²) in [6.45, 7) is 4.58. The third-order valence-electron chi connectivity index (χ3n) is 3.81. The van der Waals surface area contributed by atoms with Crippen molar-refractivity contribution in [2.75, 3.05) is 18.4 Å². The van der Waals surface area contributed by atoms with E-state index in [0.717, 1.165) is 18.4 Å². The molecule has 2 rings (SSSR count). The van der Waals surface area contributed by atoms with Gasteiger partial charge in [0.05, 0.1) is 13.0 Å². The molecule has 1 aliphatic rings. The van der Waals surface area contributed by atoms with Crippen molar-refractivity contribution in [1.82, 2.24) is 10.2 Å². The molecule has 6 nitrogen and oxygen atoms in total. The topological polar surface area (TPSA) is 78.5 Å². The maximum atomic E-state index is 12.0. The van der Waals surface area contributed by atoms with Crippen LogP contribution < -0.4 is 10.6 Å². The van der Waals surface area contributed by atoms with Gasteiger partial charge in [0.15, 0.2) is 0 Å². The normalized spacial score (nSPS) is 14.6. The number of anilines is 1. The molecule has 6 heteroatoms. The first-order valence-corrected chi connectivity index (χ1v) is 8.40. The number of nitrogens with one attached hydrogen (secondary N) is 2. The number of piperidine rings is 1. The quantitative estimate of drug-likeness (QED) is 0.833. The first-order valence-electron chi connectivity index (χ1n) is 8.40. The van der Waals surface area contributed by atoms with Crippen molar-refractivity contribution < 1.29 is 14.4 Å². The SMILES string of the molecule is CC(C)NC(=O)Cc1ccc(NC(=O)CN2CCCCC2=O)cc1. The molecule has 24 heavy (non-hydrogen) atoms. The zero-order valence-electron chi connectivity index (χ0n) is 14.3. The minimum absolute atomic E-state index is 0.0228. The van der Waals surface area contributed by atoms with Crippen molar-refractivity contribution in [1.29, 1.82) is 0 Å². The molecule has 0 bridgehead atoms. The average Bonchev–Trinajstić information content (AvgIpc) is 2.51. The number of rotatable bonds is 6. The highest BCUT2D eigenvalue weighted by molar-refractivity contribution is 5.94. The van der Waals surface area contributed by atoms with Gasteiger partial charge in [0.25, 0.3) is 0 Å². The van der Waals surface area contributed by atoms with Gasteiger partial charge in [-0.15, -0.1) is 0 Å². The number of carbonyl (C=O) groups excluding carboxylic acids is 3. The minimum atomic E-state index is -0.199. The molecule has 0 saturated carbocycles. The number of benzene rings is 1. The van der Waals surface area contributed by atoms with Crippen LogP contribution in [0.15, 0.2) is 24.3 Å². The zero-order valence-corrected chi connectivity index (χ0v) is 14.3. The van der Waals surface area contributed by atoms with E-state index >= 15 is 0 Å². The van der Waals surface area contributed by atoms with Gasteiger partial charge in [0.2, 0.25) is 17.7 Å². The van der Waals surface area contributed by atoms with Crippen LogP contribution in [0.2, 0.25) is 0 Å². The third-order valence-corrected chi connectivity index (χ3v) is 3.81. The Bertz CT molecular complexity index is 596. The molecule has 1 aromatic carbocycles. The summed E-state index contributed by atoms with van der Waals surface area (Å²) < 4.78 is 0. The fourth-order valence-electron chi connectivity index (χ4n) is 2.67. The van der Waals surface area contributed by atoms with Crippen molar-refractivity contribution in [3.05, 3.63) is 29.8 Å². The Morgan fingerprint density at radius 3 is 2.46 bits per heavy atom. The van der Waals surface area contributed by atoms with Crippen LogP contribution in [0.4, 0.5) is 5.69 Å².